The van der Waals surface area contributed by atoms with E-state index >= 15 is 0 Å². The van der Waals surface area contributed by atoms with Gasteiger partial charge in [0, 0.05) is 12.6 Å². The maximum atomic E-state index is 3.76. The van der Waals surface area contributed by atoms with Gasteiger partial charge in [-0.05, 0) is 43.7 Å². The van der Waals surface area contributed by atoms with Gasteiger partial charge in [0.15, 0.2) is 0 Å². The average molecular weight is 231 g/mol. The van der Waals surface area contributed by atoms with E-state index in [1.165, 1.54) is 42.4 Å². The van der Waals surface area contributed by atoms with Crippen molar-refractivity contribution in [3.63, 3.8) is 0 Å². The van der Waals surface area contributed by atoms with Crippen LogP contribution in [0.4, 0.5) is 0 Å². The molecule has 0 bridgehead atoms. The standard InChI is InChI=1S/C16H25N/c1-12-8-9-13(2)15(10-12)11-17-16-7-5-4-6-14(16)3/h8-10,14,16-17H,4-7,11H2,1-3H3. The Kier molecular flexibility index (Phi) is 4.22. The van der Waals surface area contributed by atoms with Gasteiger partial charge in [-0.1, -0.05) is 43.5 Å². The lowest BCUT2D eigenvalue weighted by molar-refractivity contribution is 0.279. The molecule has 94 valence electrons. The summed E-state index contributed by atoms with van der Waals surface area (Å²) in [6.07, 6.45) is 5.56. The molecule has 2 atom stereocenters. The highest BCUT2D eigenvalue weighted by molar-refractivity contribution is 5.30. The molecule has 1 N–H and O–H groups in total. The highest BCUT2D eigenvalue weighted by Gasteiger charge is 2.20. The smallest absolute Gasteiger partial charge is 0.0210 e. The Morgan fingerprint density at radius 3 is 2.71 bits per heavy atom. The maximum absolute atomic E-state index is 3.76. The monoisotopic (exact) mass is 231 g/mol. The molecular weight excluding hydrogens is 206 g/mol. The van der Waals surface area contributed by atoms with Crippen molar-refractivity contribution in [1.82, 2.24) is 5.32 Å². The van der Waals surface area contributed by atoms with Crippen LogP contribution in [0.3, 0.4) is 0 Å². The van der Waals surface area contributed by atoms with Gasteiger partial charge < -0.3 is 5.32 Å². The van der Waals surface area contributed by atoms with Crippen molar-refractivity contribution >= 4 is 0 Å². The second-order valence-electron chi connectivity index (χ2n) is 5.68. The topological polar surface area (TPSA) is 12.0 Å². The fourth-order valence-corrected chi connectivity index (χ4v) is 2.85. The van der Waals surface area contributed by atoms with Crippen molar-refractivity contribution in [3.8, 4) is 0 Å². The van der Waals surface area contributed by atoms with Crippen LogP contribution in [0.1, 0.15) is 49.3 Å². The van der Waals surface area contributed by atoms with E-state index in [-0.39, 0.29) is 0 Å². The third-order valence-corrected chi connectivity index (χ3v) is 4.17. The van der Waals surface area contributed by atoms with Crippen LogP contribution < -0.4 is 5.32 Å². The molecule has 1 aliphatic rings. The van der Waals surface area contributed by atoms with E-state index < -0.39 is 0 Å². The molecule has 1 saturated carbocycles. The number of hydrogen-bond donors (Lipinski definition) is 1. The van der Waals surface area contributed by atoms with Gasteiger partial charge >= 0.3 is 0 Å². The van der Waals surface area contributed by atoms with Crippen LogP contribution in [0.5, 0.6) is 0 Å². The van der Waals surface area contributed by atoms with E-state index in [4.69, 9.17) is 0 Å². The normalized spacial score (nSPS) is 24.9. The minimum Gasteiger partial charge on any atom is -0.310 e. The zero-order valence-electron chi connectivity index (χ0n) is 11.4. The summed E-state index contributed by atoms with van der Waals surface area (Å²) in [5.74, 6) is 0.842. The molecular formula is C16H25N. The molecule has 1 aliphatic carbocycles. The average Bonchev–Trinajstić information content (AvgIpc) is 2.32. The zero-order valence-corrected chi connectivity index (χ0v) is 11.4. The molecule has 0 radical (unpaired) electrons. The molecule has 1 aromatic rings. The second-order valence-corrected chi connectivity index (χ2v) is 5.68. The van der Waals surface area contributed by atoms with E-state index in [2.05, 4.69) is 44.3 Å². The minimum absolute atomic E-state index is 0.726. The van der Waals surface area contributed by atoms with Gasteiger partial charge in [-0.15, -0.1) is 0 Å². The molecule has 1 nitrogen and oxygen atoms in total. The summed E-state index contributed by atoms with van der Waals surface area (Å²) >= 11 is 0. The lowest BCUT2D eigenvalue weighted by atomic mass is 9.86. The molecule has 1 aromatic carbocycles. The first-order chi connectivity index (χ1) is 8.16. The van der Waals surface area contributed by atoms with Gasteiger partial charge in [0.25, 0.3) is 0 Å². The quantitative estimate of drug-likeness (QED) is 0.830. The number of nitrogens with one attached hydrogen (secondary N) is 1. The van der Waals surface area contributed by atoms with Crippen LogP contribution in [-0.4, -0.2) is 6.04 Å². The summed E-state index contributed by atoms with van der Waals surface area (Å²) in [6.45, 7) is 7.80. The highest BCUT2D eigenvalue weighted by atomic mass is 14.9. The van der Waals surface area contributed by atoms with Gasteiger partial charge in [-0.3, -0.25) is 0 Å². The number of hydrogen-bond acceptors (Lipinski definition) is 1. The van der Waals surface area contributed by atoms with Crippen molar-refractivity contribution in [1.29, 1.82) is 0 Å². The molecule has 0 saturated heterocycles. The lowest BCUT2D eigenvalue weighted by Crippen LogP contribution is -2.36. The number of benzene rings is 1. The first kappa shape index (κ1) is 12.6. The Balaban J connectivity index is 1.94. The van der Waals surface area contributed by atoms with Crippen LogP contribution in [0.15, 0.2) is 18.2 Å². The highest BCUT2D eigenvalue weighted by Crippen LogP contribution is 2.24. The van der Waals surface area contributed by atoms with E-state index in [0.717, 1.165) is 18.5 Å². The molecule has 2 rings (SSSR count). The minimum atomic E-state index is 0.726. The van der Waals surface area contributed by atoms with Gasteiger partial charge in [-0.2, -0.15) is 0 Å². The van der Waals surface area contributed by atoms with Crippen molar-refractivity contribution < 1.29 is 0 Å². The van der Waals surface area contributed by atoms with Crippen molar-refractivity contribution in [3.05, 3.63) is 34.9 Å². The van der Waals surface area contributed by atoms with E-state index in [1.54, 1.807) is 0 Å². The summed E-state index contributed by atoms with van der Waals surface area (Å²) in [5.41, 5.74) is 4.23. The summed E-state index contributed by atoms with van der Waals surface area (Å²) in [7, 11) is 0. The van der Waals surface area contributed by atoms with Crippen molar-refractivity contribution in [2.75, 3.05) is 0 Å². The molecule has 2 unspecified atom stereocenters. The predicted molar refractivity (Wildman–Crippen MR) is 74.2 cm³/mol. The van der Waals surface area contributed by atoms with Crippen LogP contribution in [0, 0.1) is 19.8 Å². The summed E-state index contributed by atoms with van der Waals surface area (Å²) in [5, 5.41) is 3.76. The Morgan fingerprint density at radius 2 is 1.94 bits per heavy atom. The van der Waals surface area contributed by atoms with Gasteiger partial charge in [-0.25, -0.2) is 0 Å². The fraction of sp³-hybridized carbons (Fsp3) is 0.625. The van der Waals surface area contributed by atoms with Crippen molar-refractivity contribution in [2.45, 2.75) is 59.0 Å². The van der Waals surface area contributed by atoms with Crippen LogP contribution in [0.2, 0.25) is 0 Å². The first-order valence-corrected chi connectivity index (χ1v) is 6.96. The summed E-state index contributed by atoms with van der Waals surface area (Å²) < 4.78 is 0. The number of aryl methyl sites for hydroxylation is 2. The maximum Gasteiger partial charge on any atom is 0.0210 e. The molecule has 0 spiro atoms. The van der Waals surface area contributed by atoms with Gasteiger partial charge in [0.05, 0.1) is 0 Å². The summed E-state index contributed by atoms with van der Waals surface area (Å²) in [6, 6.07) is 7.47. The van der Waals surface area contributed by atoms with E-state index in [0.29, 0.717) is 0 Å². The lowest BCUT2D eigenvalue weighted by Gasteiger charge is -2.30. The van der Waals surface area contributed by atoms with Crippen LogP contribution in [-0.2, 0) is 6.54 Å². The molecule has 1 fully saturated rings. The molecule has 17 heavy (non-hydrogen) atoms. The van der Waals surface area contributed by atoms with Crippen LogP contribution in [0.25, 0.3) is 0 Å². The number of rotatable bonds is 3. The Morgan fingerprint density at radius 1 is 1.18 bits per heavy atom. The van der Waals surface area contributed by atoms with Crippen molar-refractivity contribution in [2.24, 2.45) is 5.92 Å². The third kappa shape index (κ3) is 3.32. The molecule has 0 aromatic heterocycles. The Labute approximate surface area is 106 Å². The zero-order chi connectivity index (χ0) is 12.3. The van der Waals surface area contributed by atoms with Gasteiger partial charge in [0.2, 0.25) is 0 Å². The van der Waals surface area contributed by atoms with Gasteiger partial charge in [0.1, 0.15) is 0 Å². The Hall–Kier alpha value is -0.820. The largest absolute Gasteiger partial charge is 0.310 e. The molecule has 0 aliphatic heterocycles. The third-order valence-electron chi connectivity index (χ3n) is 4.17. The molecule has 0 heterocycles. The Bertz CT molecular complexity index is 370. The SMILES string of the molecule is Cc1ccc(C)c(CNC2CCCCC2C)c1. The first-order valence-electron chi connectivity index (χ1n) is 6.96. The summed E-state index contributed by atoms with van der Waals surface area (Å²) in [4.78, 5) is 0. The molecule has 1 heteroatoms. The fourth-order valence-electron chi connectivity index (χ4n) is 2.85. The predicted octanol–water partition coefficient (Wildman–Crippen LogP) is 3.97. The van der Waals surface area contributed by atoms with E-state index in [1.807, 2.05) is 0 Å². The second kappa shape index (κ2) is 5.68. The van der Waals surface area contributed by atoms with E-state index in [9.17, 15) is 0 Å². The molecule has 0 amide bonds. The van der Waals surface area contributed by atoms with Crippen LogP contribution >= 0.6 is 0 Å².